The smallest absolute Gasteiger partial charge is 0.140 e. The topological polar surface area (TPSA) is 90.2 Å². The van der Waals surface area contributed by atoms with Gasteiger partial charge in [0.1, 0.15) is 18.1 Å². The summed E-state index contributed by atoms with van der Waals surface area (Å²) in [6, 6.07) is 9.98. The number of rotatable bonds is 10. The Kier molecular flexibility index (Phi) is 9.92. The molecule has 2 aromatic carbocycles. The summed E-state index contributed by atoms with van der Waals surface area (Å²) < 4.78 is 5.37. The van der Waals surface area contributed by atoms with E-state index in [4.69, 9.17) is 33.0 Å². The van der Waals surface area contributed by atoms with Crippen LogP contribution >= 0.6 is 23.2 Å². The Labute approximate surface area is 192 Å². The minimum Gasteiger partial charge on any atom is -0.506 e. The normalized spacial score (nSPS) is 12.9. The number of benzene rings is 2. The fraction of sp³-hybridized carbons (Fsp3) is 0.375. The zero-order valence-electron chi connectivity index (χ0n) is 17.6. The molecule has 0 bridgehead atoms. The number of aliphatic hydroxyl groups is 3. The van der Waals surface area contributed by atoms with Gasteiger partial charge in [-0.15, -0.1) is 5.73 Å². The molecule has 0 unspecified atom stereocenters. The van der Waals surface area contributed by atoms with E-state index in [-0.39, 0.29) is 41.9 Å². The standard InChI is InChI=1S/C24H28Cl2O5/c1-15(2)16(12-23(29)20-13-18(25)14-21(26)24(20)30)5-4-8-22(28)17-6-3-7-19(11-17)31-10-9-27/h3-4,6-7,11,13-15,22-23,27-30H,8-10,12H2,1-2H3/t5?,22-,23-/m1/s1. The number of aliphatic hydroxyl groups excluding tert-OH is 3. The minimum atomic E-state index is -1.00. The fourth-order valence-electron chi connectivity index (χ4n) is 3.03. The van der Waals surface area contributed by atoms with Crippen LogP contribution in [0.3, 0.4) is 0 Å². The molecular weight excluding hydrogens is 439 g/mol. The molecule has 2 atom stereocenters. The van der Waals surface area contributed by atoms with Crippen molar-refractivity contribution in [2.24, 2.45) is 5.92 Å². The van der Waals surface area contributed by atoms with E-state index in [2.05, 4.69) is 5.73 Å². The Morgan fingerprint density at radius 2 is 1.87 bits per heavy atom. The van der Waals surface area contributed by atoms with Crippen molar-refractivity contribution in [3.05, 3.63) is 75.0 Å². The Balaban J connectivity index is 2.13. The Hall–Kier alpha value is -1.98. The lowest BCUT2D eigenvalue weighted by Gasteiger charge is -2.17. The first-order chi connectivity index (χ1) is 14.7. The van der Waals surface area contributed by atoms with Gasteiger partial charge in [0.05, 0.1) is 23.8 Å². The average molecular weight is 467 g/mol. The summed E-state index contributed by atoms with van der Waals surface area (Å²) in [5, 5.41) is 40.5. The van der Waals surface area contributed by atoms with Gasteiger partial charge in [0.2, 0.25) is 0 Å². The largest absolute Gasteiger partial charge is 0.506 e. The maximum Gasteiger partial charge on any atom is 0.140 e. The summed E-state index contributed by atoms with van der Waals surface area (Å²) in [6.45, 7) is 4.07. The van der Waals surface area contributed by atoms with Gasteiger partial charge >= 0.3 is 0 Å². The Morgan fingerprint density at radius 3 is 2.55 bits per heavy atom. The summed E-state index contributed by atoms with van der Waals surface area (Å²) in [5.41, 5.74) is 4.96. The second kappa shape index (κ2) is 12.2. The second-order valence-electron chi connectivity index (χ2n) is 7.47. The quantitative estimate of drug-likeness (QED) is 0.354. The molecule has 0 saturated carbocycles. The second-order valence-corrected chi connectivity index (χ2v) is 8.31. The van der Waals surface area contributed by atoms with E-state index in [1.807, 2.05) is 13.8 Å². The first kappa shape index (κ1) is 25.3. The van der Waals surface area contributed by atoms with E-state index >= 15 is 0 Å². The van der Waals surface area contributed by atoms with Gasteiger partial charge in [-0.1, -0.05) is 49.2 Å². The van der Waals surface area contributed by atoms with Crippen molar-refractivity contribution < 1.29 is 25.2 Å². The highest BCUT2D eigenvalue weighted by molar-refractivity contribution is 6.35. The van der Waals surface area contributed by atoms with Crippen LogP contribution in [0.2, 0.25) is 10.0 Å². The molecule has 0 aromatic heterocycles. The number of phenolic OH excluding ortho intramolecular Hbond substituents is 1. The summed E-state index contributed by atoms with van der Waals surface area (Å²) >= 11 is 12.0. The van der Waals surface area contributed by atoms with E-state index in [1.165, 1.54) is 12.1 Å². The molecule has 0 aliphatic heterocycles. The average Bonchev–Trinajstić information content (AvgIpc) is 2.73. The van der Waals surface area contributed by atoms with Crippen LogP contribution < -0.4 is 4.74 Å². The van der Waals surface area contributed by atoms with Crippen LogP contribution in [0.1, 0.15) is 50.0 Å². The molecule has 5 nitrogen and oxygen atoms in total. The van der Waals surface area contributed by atoms with E-state index in [0.29, 0.717) is 22.8 Å². The molecule has 0 fully saturated rings. The Morgan fingerprint density at radius 1 is 1.13 bits per heavy atom. The predicted molar refractivity (Wildman–Crippen MR) is 123 cm³/mol. The lowest BCUT2D eigenvalue weighted by Crippen LogP contribution is -2.04. The lowest BCUT2D eigenvalue weighted by molar-refractivity contribution is 0.171. The van der Waals surface area contributed by atoms with Crippen molar-refractivity contribution in [3.63, 3.8) is 0 Å². The van der Waals surface area contributed by atoms with Crippen molar-refractivity contribution in [2.75, 3.05) is 13.2 Å². The third-order valence-corrected chi connectivity index (χ3v) is 5.26. The molecule has 0 amide bonds. The fourth-order valence-corrected chi connectivity index (χ4v) is 3.54. The molecular formula is C24H28Cl2O5. The van der Waals surface area contributed by atoms with Gasteiger partial charge in [0.15, 0.2) is 0 Å². The van der Waals surface area contributed by atoms with Crippen molar-refractivity contribution in [1.29, 1.82) is 0 Å². The van der Waals surface area contributed by atoms with Gasteiger partial charge in [-0.25, -0.2) is 0 Å². The zero-order chi connectivity index (χ0) is 23.0. The van der Waals surface area contributed by atoms with Gasteiger partial charge in [0, 0.05) is 23.4 Å². The van der Waals surface area contributed by atoms with Gasteiger partial charge in [0.25, 0.3) is 0 Å². The molecule has 0 aliphatic carbocycles. The van der Waals surface area contributed by atoms with E-state index in [1.54, 1.807) is 30.3 Å². The number of hydrogen-bond acceptors (Lipinski definition) is 5. The van der Waals surface area contributed by atoms with Gasteiger partial charge < -0.3 is 25.2 Å². The maximum absolute atomic E-state index is 10.6. The summed E-state index contributed by atoms with van der Waals surface area (Å²) in [7, 11) is 0. The summed E-state index contributed by atoms with van der Waals surface area (Å²) in [4.78, 5) is 0. The van der Waals surface area contributed by atoms with Crippen LogP contribution in [0.25, 0.3) is 0 Å². The van der Waals surface area contributed by atoms with E-state index < -0.39 is 12.2 Å². The van der Waals surface area contributed by atoms with Crippen molar-refractivity contribution in [3.8, 4) is 11.5 Å². The molecule has 2 rings (SSSR count). The maximum atomic E-state index is 10.6. The zero-order valence-corrected chi connectivity index (χ0v) is 19.1. The molecule has 31 heavy (non-hydrogen) atoms. The molecule has 2 aromatic rings. The highest BCUT2D eigenvalue weighted by atomic mass is 35.5. The third kappa shape index (κ3) is 7.58. The van der Waals surface area contributed by atoms with E-state index in [0.717, 1.165) is 5.57 Å². The SMILES string of the molecule is CC(C)C(=C=CC[C@@H](O)c1cccc(OCCO)c1)C[C@@H](O)c1cc(Cl)cc(Cl)c1O. The highest BCUT2D eigenvalue weighted by Crippen LogP contribution is 2.37. The lowest BCUT2D eigenvalue weighted by atomic mass is 9.94. The molecule has 0 aliphatic rings. The molecule has 4 N–H and O–H groups in total. The third-order valence-electron chi connectivity index (χ3n) is 4.76. The van der Waals surface area contributed by atoms with Crippen LogP contribution in [0.5, 0.6) is 11.5 Å². The van der Waals surface area contributed by atoms with Crippen LogP contribution in [0.4, 0.5) is 0 Å². The minimum absolute atomic E-state index is 0.0800. The van der Waals surface area contributed by atoms with Gasteiger partial charge in [-0.05, 0) is 47.4 Å². The number of phenols is 1. The molecule has 168 valence electrons. The molecule has 0 spiro atoms. The predicted octanol–water partition coefficient (Wildman–Crippen LogP) is 5.35. The van der Waals surface area contributed by atoms with Crippen molar-refractivity contribution >= 4 is 23.2 Å². The number of ether oxygens (including phenoxy) is 1. The molecule has 0 radical (unpaired) electrons. The van der Waals surface area contributed by atoms with Crippen molar-refractivity contribution in [1.82, 2.24) is 0 Å². The first-order valence-corrected chi connectivity index (χ1v) is 10.8. The number of halogens is 2. The summed E-state index contributed by atoms with van der Waals surface area (Å²) in [5.74, 6) is 0.482. The van der Waals surface area contributed by atoms with Crippen LogP contribution in [-0.4, -0.2) is 33.6 Å². The highest BCUT2D eigenvalue weighted by Gasteiger charge is 2.19. The van der Waals surface area contributed by atoms with Gasteiger partial charge in [-0.2, -0.15) is 0 Å². The number of hydrogen-bond donors (Lipinski definition) is 4. The first-order valence-electron chi connectivity index (χ1n) is 10.0. The van der Waals surface area contributed by atoms with Crippen LogP contribution in [0.15, 0.2) is 53.8 Å². The van der Waals surface area contributed by atoms with Crippen LogP contribution in [-0.2, 0) is 0 Å². The van der Waals surface area contributed by atoms with Crippen molar-refractivity contribution in [2.45, 2.75) is 38.9 Å². The van der Waals surface area contributed by atoms with Crippen LogP contribution in [0, 0.1) is 5.92 Å². The summed E-state index contributed by atoms with van der Waals surface area (Å²) in [6.07, 6.45) is 0.543. The van der Waals surface area contributed by atoms with Gasteiger partial charge in [-0.3, -0.25) is 0 Å². The Bertz CT molecular complexity index is 936. The molecule has 0 saturated heterocycles. The molecule has 0 heterocycles. The van der Waals surface area contributed by atoms with E-state index in [9.17, 15) is 15.3 Å². The molecule has 7 heteroatoms. The monoisotopic (exact) mass is 466 g/mol. The number of aromatic hydroxyl groups is 1.